The van der Waals surface area contributed by atoms with Gasteiger partial charge in [0.2, 0.25) is 6.79 Å². The van der Waals surface area contributed by atoms with Crippen LogP contribution in [0.1, 0.15) is 37.0 Å². The van der Waals surface area contributed by atoms with Gasteiger partial charge in [0.05, 0.1) is 5.02 Å². The maximum atomic E-state index is 12.3. The minimum absolute atomic E-state index is 0.0448. The number of carbonyl (C=O) groups excluding carboxylic acids is 1. The third-order valence-electron chi connectivity index (χ3n) is 3.66. The summed E-state index contributed by atoms with van der Waals surface area (Å²) in [5, 5.41) is 12.2. The van der Waals surface area contributed by atoms with Crippen LogP contribution in [0, 0.1) is 0 Å². The number of halogens is 1. The number of hydrogen-bond acceptors (Lipinski definition) is 4. The molecule has 0 saturated carbocycles. The topological polar surface area (TPSA) is 84.9 Å². The molecule has 0 bridgehead atoms. The number of carbonyl (C=O) groups is 2. The third kappa shape index (κ3) is 2.76. The fourth-order valence-corrected chi connectivity index (χ4v) is 2.44. The first-order chi connectivity index (χ1) is 9.93. The van der Waals surface area contributed by atoms with E-state index in [0.717, 1.165) is 0 Å². The molecule has 0 spiro atoms. The Morgan fingerprint density at radius 3 is 2.57 bits per heavy atom. The Morgan fingerprint density at radius 2 is 2.00 bits per heavy atom. The number of aliphatic carboxylic acids is 1. The molecule has 6 nitrogen and oxygen atoms in total. The van der Waals surface area contributed by atoms with Gasteiger partial charge in [-0.15, -0.1) is 0 Å². The van der Waals surface area contributed by atoms with Gasteiger partial charge in [-0.25, -0.2) is 4.79 Å². The number of ether oxygens (including phenoxy) is 2. The summed E-state index contributed by atoms with van der Waals surface area (Å²) in [5.41, 5.74) is -1.06. The van der Waals surface area contributed by atoms with E-state index in [1.54, 1.807) is 13.8 Å². The molecule has 0 aliphatic carbocycles. The van der Waals surface area contributed by atoms with Crippen LogP contribution in [0.3, 0.4) is 0 Å². The molecule has 0 aromatic heterocycles. The molecule has 0 radical (unpaired) electrons. The molecule has 1 heterocycles. The Bertz CT molecular complexity index is 583. The third-order valence-corrected chi connectivity index (χ3v) is 3.94. The Labute approximate surface area is 127 Å². The quantitative estimate of drug-likeness (QED) is 0.872. The Morgan fingerprint density at radius 1 is 1.33 bits per heavy atom. The zero-order valence-corrected chi connectivity index (χ0v) is 12.5. The van der Waals surface area contributed by atoms with Crippen LogP contribution >= 0.6 is 11.6 Å². The lowest BCUT2D eigenvalue weighted by atomic mass is 9.92. The Balaban J connectivity index is 2.29. The lowest BCUT2D eigenvalue weighted by Gasteiger charge is -2.28. The molecule has 114 valence electrons. The second-order valence-electron chi connectivity index (χ2n) is 4.74. The lowest BCUT2D eigenvalue weighted by Crippen LogP contribution is -2.53. The summed E-state index contributed by atoms with van der Waals surface area (Å²) in [6.45, 7) is 3.47. The summed E-state index contributed by atoms with van der Waals surface area (Å²) in [5.74, 6) is -0.806. The zero-order valence-electron chi connectivity index (χ0n) is 11.7. The zero-order chi connectivity index (χ0) is 15.6. The number of fused-ring (bicyclic) bond motifs is 1. The van der Waals surface area contributed by atoms with Gasteiger partial charge in [-0.3, -0.25) is 4.79 Å². The van der Waals surface area contributed by atoms with E-state index in [9.17, 15) is 14.7 Å². The molecule has 1 aliphatic heterocycles. The summed E-state index contributed by atoms with van der Waals surface area (Å²) in [4.78, 5) is 23.7. The van der Waals surface area contributed by atoms with Crippen LogP contribution in [0.25, 0.3) is 0 Å². The van der Waals surface area contributed by atoms with E-state index < -0.39 is 17.4 Å². The van der Waals surface area contributed by atoms with Crippen LogP contribution in [0.15, 0.2) is 12.1 Å². The summed E-state index contributed by atoms with van der Waals surface area (Å²) in [6.07, 6.45) is 0.561. The van der Waals surface area contributed by atoms with Crippen LogP contribution in [0.2, 0.25) is 5.02 Å². The van der Waals surface area contributed by atoms with E-state index >= 15 is 0 Å². The molecular weight excluding hydrogens is 298 g/mol. The Kier molecular flexibility index (Phi) is 4.27. The van der Waals surface area contributed by atoms with E-state index in [-0.39, 0.29) is 30.2 Å². The van der Waals surface area contributed by atoms with Gasteiger partial charge in [-0.05, 0) is 25.0 Å². The van der Waals surface area contributed by atoms with Gasteiger partial charge >= 0.3 is 5.97 Å². The largest absolute Gasteiger partial charge is 0.480 e. The second-order valence-corrected chi connectivity index (χ2v) is 5.15. The van der Waals surface area contributed by atoms with Crippen molar-refractivity contribution in [2.24, 2.45) is 0 Å². The average molecular weight is 314 g/mol. The summed E-state index contributed by atoms with van der Waals surface area (Å²) in [7, 11) is 0. The minimum atomic E-state index is -1.29. The lowest BCUT2D eigenvalue weighted by molar-refractivity contribution is -0.144. The number of benzene rings is 1. The first-order valence-corrected chi connectivity index (χ1v) is 6.96. The summed E-state index contributed by atoms with van der Waals surface area (Å²) < 4.78 is 10.4. The highest BCUT2D eigenvalue weighted by Gasteiger charge is 2.37. The van der Waals surface area contributed by atoms with Crippen molar-refractivity contribution in [1.29, 1.82) is 0 Å². The highest BCUT2D eigenvalue weighted by atomic mass is 35.5. The van der Waals surface area contributed by atoms with Gasteiger partial charge < -0.3 is 19.9 Å². The Hall–Kier alpha value is -1.95. The second kappa shape index (κ2) is 5.81. The van der Waals surface area contributed by atoms with Crippen molar-refractivity contribution in [1.82, 2.24) is 5.32 Å². The number of carboxylic acid groups (broad SMARTS) is 1. The maximum Gasteiger partial charge on any atom is 0.329 e. The van der Waals surface area contributed by atoms with E-state index in [2.05, 4.69) is 5.32 Å². The van der Waals surface area contributed by atoms with Crippen LogP contribution < -0.4 is 14.8 Å². The number of hydrogen-bond donors (Lipinski definition) is 2. The molecule has 1 aromatic carbocycles. The molecule has 0 fully saturated rings. The molecule has 1 amide bonds. The monoisotopic (exact) mass is 313 g/mol. The smallest absolute Gasteiger partial charge is 0.329 e. The minimum Gasteiger partial charge on any atom is -0.480 e. The van der Waals surface area contributed by atoms with Crippen molar-refractivity contribution in [2.45, 2.75) is 32.2 Å². The van der Waals surface area contributed by atoms with Gasteiger partial charge in [-0.2, -0.15) is 0 Å². The normalized spacial score (nSPS) is 13.1. The molecule has 2 rings (SSSR count). The van der Waals surface area contributed by atoms with Gasteiger partial charge in [0.1, 0.15) is 5.54 Å². The molecule has 21 heavy (non-hydrogen) atoms. The number of nitrogens with one attached hydrogen (secondary N) is 1. The number of carboxylic acids is 1. The molecule has 0 unspecified atom stereocenters. The summed E-state index contributed by atoms with van der Waals surface area (Å²) >= 11 is 6.02. The summed E-state index contributed by atoms with van der Waals surface area (Å²) in [6, 6.07) is 2.92. The van der Waals surface area contributed by atoms with Gasteiger partial charge in [0, 0.05) is 5.56 Å². The average Bonchev–Trinajstić information content (AvgIpc) is 2.93. The fraction of sp³-hybridized carbons (Fsp3) is 0.429. The molecule has 1 aromatic rings. The predicted molar refractivity (Wildman–Crippen MR) is 76.0 cm³/mol. The molecule has 0 saturated heterocycles. The van der Waals surface area contributed by atoms with Crippen LogP contribution in [0.4, 0.5) is 0 Å². The molecule has 1 aliphatic rings. The highest BCUT2D eigenvalue weighted by Crippen LogP contribution is 2.39. The van der Waals surface area contributed by atoms with E-state index in [4.69, 9.17) is 21.1 Å². The van der Waals surface area contributed by atoms with Gasteiger partial charge in [-0.1, -0.05) is 25.4 Å². The van der Waals surface area contributed by atoms with E-state index in [1.807, 2.05) is 0 Å². The fourth-order valence-electron chi connectivity index (χ4n) is 2.17. The van der Waals surface area contributed by atoms with Gasteiger partial charge in [0.25, 0.3) is 5.91 Å². The van der Waals surface area contributed by atoms with Crippen LogP contribution in [-0.2, 0) is 4.79 Å². The van der Waals surface area contributed by atoms with Gasteiger partial charge in [0.15, 0.2) is 11.5 Å². The van der Waals surface area contributed by atoms with Crippen LogP contribution in [-0.4, -0.2) is 29.3 Å². The van der Waals surface area contributed by atoms with Crippen molar-refractivity contribution in [3.63, 3.8) is 0 Å². The molecule has 2 N–H and O–H groups in total. The first-order valence-electron chi connectivity index (χ1n) is 6.58. The molecule has 0 atom stereocenters. The van der Waals surface area contributed by atoms with Crippen molar-refractivity contribution >= 4 is 23.5 Å². The van der Waals surface area contributed by atoms with E-state index in [1.165, 1.54) is 12.1 Å². The van der Waals surface area contributed by atoms with Crippen molar-refractivity contribution < 1.29 is 24.2 Å². The van der Waals surface area contributed by atoms with Crippen LogP contribution in [0.5, 0.6) is 11.5 Å². The van der Waals surface area contributed by atoms with Crippen molar-refractivity contribution in [3.05, 3.63) is 22.7 Å². The SMILES string of the molecule is CCC(CC)(NC(=O)c1cc(Cl)c2c(c1)OCO2)C(=O)O. The predicted octanol–water partition coefficient (Wildman–Crippen LogP) is 2.44. The van der Waals surface area contributed by atoms with Crippen molar-refractivity contribution in [3.8, 4) is 11.5 Å². The highest BCUT2D eigenvalue weighted by molar-refractivity contribution is 6.32. The maximum absolute atomic E-state index is 12.3. The molecular formula is C14H16ClNO5. The number of rotatable bonds is 5. The molecule has 7 heteroatoms. The van der Waals surface area contributed by atoms with E-state index in [0.29, 0.717) is 11.5 Å². The standard InChI is InChI=1S/C14H16ClNO5/c1-3-14(4-2,13(18)19)16-12(17)8-5-9(15)11-10(6-8)20-7-21-11/h5-6H,3-4,7H2,1-2H3,(H,16,17)(H,18,19). The van der Waals surface area contributed by atoms with Crippen molar-refractivity contribution in [2.75, 3.05) is 6.79 Å². The number of amides is 1. The first kappa shape index (κ1) is 15.4.